The number of halogens is 2. The third kappa shape index (κ3) is 2.90. The largest absolute Gasteiger partial charge is 0.332 e. The van der Waals surface area contributed by atoms with Crippen LogP contribution >= 0.6 is 11.6 Å². The summed E-state index contributed by atoms with van der Waals surface area (Å²) >= 11 is 6.05. The number of hydrogen-bond donors (Lipinski definition) is 1. The number of imidazole rings is 1. The van der Waals surface area contributed by atoms with Gasteiger partial charge in [0.05, 0.1) is 5.69 Å². The minimum atomic E-state index is -0.628. The van der Waals surface area contributed by atoms with Gasteiger partial charge in [0.25, 0.3) is 5.56 Å². The molecule has 3 aromatic rings. The number of fused-ring (bicyclic) bond motifs is 1. The average molecular weight is 380 g/mol. The molecule has 136 valence electrons. The SMILES string of the molecule is Cc1ccc(NC(=O)Cn2c(Cl)nc3c2c(=O)n(C)c(=O)n3C)c(F)c1. The molecule has 2 heterocycles. The Morgan fingerprint density at radius 1 is 1.27 bits per heavy atom. The van der Waals surface area contributed by atoms with Crippen molar-refractivity contribution in [3.63, 3.8) is 0 Å². The highest BCUT2D eigenvalue weighted by Crippen LogP contribution is 2.18. The maximum Gasteiger partial charge on any atom is 0.332 e. The first-order chi connectivity index (χ1) is 12.2. The van der Waals surface area contributed by atoms with Crippen LogP contribution in [0, 0.1) is 12.7 Å². The topological polar surface area (TPSA) is 90.9 Å². The molecule has 0 unspecified atom stereocenters. The minimum Gasteiger partial charge on any atom is -0.322 e. The fourth-order valence-corrected chi connectivity index (χ4v) is 2.84. The summed E-state index contributed by atoms with van der Waals surface area (Å²) < 4.78 is 17.1. The lowest BCUT2D eigenvalue weighted by molar-refractivity contribution is -0.116. The molecule has 26 heavy (non-hydrogen) atoms. The number of amides is 1. The molecule has 3 rings (SSSR count). The Morgan fingerprint density at radius 2 is 1.96 bits per heavy atom. The number of aromatic nitrogens is 4. The van der Waals surface area contributed by atoms with Crippen molar-refractivity contribution >= 4 is 34.4 Å². The molecular formula is C16H15ClFN5O3. The number of nitrogens with zero attached hydrogens (tertiary/aromatic N) is 4. The van der Waals surface area contributed by atoms with E-state index < -0.39 is 23.0 Å². The van der Waals surface area contributed by atoms with Crippen LogP contribution in [0.4, 0.5) is 10.1 Å². The lowest BCUT2D eigenvalue weighted by atomic mass is 10.2. The Bertz CT molecular complexity index is 1160. The van der Waals surface area contributed by atoms with Gasteiger partial charge in [-0.05, 0) is 36.2 Å². The van der Waals surface area contributed by atoms with E-state index >= 15 is 0 Å². The first kappa shape index (κ1) is 17.9. The number of anilines is 1. The lowest BCUT2D eigenvalue weighted by Crippen LogP contribution is -2.37. The Hall–Kier alpha value is -2.94. The van der Waals surface area contributed by atoms with E-state index in [2.05, 4.69) is 10.3 Å². The summed E-state index contributed by atoms with van der Waals surface area (Å²) in [4.78, 5) is 40.7. The zero-order valence-corrected chi connectivity index (χ0v) is 15.0. The normalized spacial score (nSPS) is 11.1. The fraction of sp³-hybridized carbons (Fsp3) is 0.250. The fourth-order valence-electron chi connectivity index (χ4n) is 2.62. The maximum atomic E-state index is 13.9. The second-order valence-electron chi connectivity index (χ2n) is 5.88. The van der Waals surface area contributed by atoms with Crippen molar-refractivity contribution < 1.29 is 9.18 Å². The van der Waals surface area contributed by atoms with Crippen LogP contribution in [-0.2, 0) is 25.4 Å². The highest BCUT2D eigenvalue weighted by atomic mass is 35.5. The molecule has 10 heteroatoms. The van der Waals surface area contributed by atoms with Gasteiger partial charge in [-0.2, -0.15) is 4.98 Å². The van der Waals surface area contributed by atoms with E-state index in [1.165, 1.54) is 30.8 Å². The minimum absolute atomic E-state index is 0.0131. The molecule has 0 bridgehead atoms. The van der Waals surface area contributed by atoms with E-state index in [0.29, 0.717) is 5.56 Å². The number of aryl methyl sites for hydroxylation is 2. The molecule has 2 aromatic heterocycles. The van der Waals surface area contributed by atoms with E-state index in [1.807, 2.05) is 0 Å². The van der Waals surface area contributed by atoms with Gasteiger partial charge >= 0.3 is 5.69 Å². The summed E-state index contributed by atoms with van der Waals surface area (Å²) in [6, 6.07) is 4.39. The van der Waals surface area contributed by atoms with Gasteiger partial charge in [-0.15, -0.1) is 0 Å². The van der Waals surface area contributed by atoms with Crippen LogP contribution in [0.3, 0.4) is 0 Å². The van der Waals surface area contributed by atoms with Crippen molar-refractivity contribution in [2.24, 2.45) is 14.1 Å². The van der Waals surface area contributed by atoms with E-state index in [1.54, 1.807) is 13.0 Å². The van der Waals surface area contributed by atoms with Gasteiger partial charge in [-0.1, -0.05) is 6.07 Å². The number of rotatable bonds is 3. The molecule has 0 spiro atoms. The van der Waals surface area contributed by atoms with Gasteiger partial charge in [0, 0.05) is 14.1 Å². The van der Waals surface area contributed by atoms with Crippen molar-refractivity contribution in [3.8, 4) is 0 Å². The Morgan fingerprint density at radius 3 is 2.62 bits per heavy atom. The Balaban J connectivity index is 2.01. The Kier molecular flexibility index (Phi) is 4.41. The molecule has 1 amide bonds. The van der Waals surface area contributed by atoms with Crippen molar-refractivity contribution in [3.05, 3.63) is 55.7 Å². The molecular weight excluding hydrogens is 365 g/mol. The molecule has 8 nitrogen and oxygen atoms in total. The van der Waals surface area contributed by atoms with E-state index in [-0.39, 0.29) is 28.7 Å². The number of nitrogens with one attached hydrogen (secondary N) is 1. The molecule has 1 aromatic carbocycles. The second-order valence-corrected chi connectivity index (χ2v) is 6.21. The number of hydrogen-bond acceptors (Lipinski definition) is 4. The number of carbonyl (C=O) groups is 1. The van der Waals surface area contributed by atoms with Crippen LogP contribution < -0.4 is 16.6 Å². The average Bonchev–Trinajstić information content (AvgIpc) is 2.90. The molecule has 0 atom stereocenters. The smallest absolute Gasteiger partial charge is 0.322 e. The predicted octanol–water partition coefficient (Wildman–Crippen LogP) is 1.17. The molecule has 0 saturated carbocycles. The van der Waals surface area contributed by atoms with Crippen molar-refractivity contribution in [1.82, 2.24) is 18.7 Å². The van der Waals surface area contributed by atoms with Gasteiger partial charge < -0.3 is 5.32 Å². The van der Waals surface area contributed by atoms with Crippen LogP contribution in [0.15, 0.2) is 27.8 Å². The van der Waals surface area contributed by atoms with Crippen molar-refractivity contribution in [2.45, 2.75) is 13.5 Å². The van der Waals surface area contributed by atoms with Crippen molar-refractivity contribution in [1.29, 1.82) is 0 Å². The maximum absolute atomic E-state index is 13.9. The second kappa shape index (κ2) is 6.41. The summed E-state index contributed by atoms with van der Waals surface area (Å²) in [5, 5.41) is 2.30. The first-order valence-corrected chi connectivity index (χ1v) is 7.96. The third-order valence-corrected chi connectivity index (χ3v) is 4.29. The van der Waals surface area contributed by atoms with Crippen LogP contribution in [0.1, 0.15) is 5.56 Å². The van der Waals surface area contributed by atoms with Gasteiger partial charge in [0.15, 0.2) is 11.2 Å². The van der Waals surface area contributed by atoms with Crippen molar-refractivity contribution in [2.75, 3.05) is 5.32 Å². The highest BCUT2D eigenvalue weighted by Gasteiger charge is 2.20. The zero-order valence-electron chi connectivity index (χ0n) is 14.2. The van der Waals surface area contributed by atoms with Gasteiger partial charge in [0.2, 0.25) is 11.2 Å². The summed E-state index contributed by atoms with van der Waals surface area (Å²) in [5.74, 6) is -1.16. The van der Waals surface area contributed by atoms with Crippen LogP contribution in [0.2, 0.25) is 5.28 Å². The van der Waals surface area contributed by atoms with Gasteiger partial charge in [0.1, 0.15) is 12.4 Å². The first-order valence-electron chi connectivity index (χ1n) is 7.58. The summed E-state index contributed by atoms with van der Waals surface area (Å²) in [6.45, 7) is 1.36. The molecule has 0 radical (unpaired) electrons. The number of benzene rings is 1. The van der Waals surface area contributed by atoms with E-state index in [9.17, 15) is 18.8 Å². The lowest BCUT2D eigenvalue weighted by Gasteiger charge is -2.09. The third-order valence-electron chi connectivity index (χ3n) is 4.00. The van der Waals surface area contributed by atoms with E-state index in [4.69, 9.17) is 11.6 Å². The highest BCUT2D eigenvalue weighted by molar-refractivity contribution is 6.29. The molecule has 1 N–H and O–H groups in total. The molecule has 0 aliphatic rings. The summed E-state index contributed by atoms with van der Waals surface area (Å²) in [5.41, 5.74) is -0.377. The summed E-state index contributed by atoms with van der Waals surface area (Å²) in [7, 11) is 2.76. The van der Waals surface area contributed by atoms with Crippen LogP contribution in [0.5, 0.6) is 0 Å². The zero-order chi connectivity index (χ0) is 19.2. The molecule has 0 saturated heterocycles. The van der Waals surface area contributed by atoms with Crippen LogP contribution in [-0.4, -0.2) is 24.6 Å². The Labute approximate surface area is 151 Å². The standard InChI is InChI=1S/C16H15ClFN5O3/c1-8-4-5-10(9(18)6-8)19-11(24)7-23-12-13(20-15(23)17)21(2)16(26)22(3)14(12)25/h4-6H,7H2,1-3H3,(H,19,24). The molecule has 0 aliphatic heterocycles. The molecule has 0 fully saturated rings. The summed E-state index contributed by atoms with van der Waals surface area (Å²) in [6.07, 6.45) is 0. The van der Waals surface area contributed by atoms with Gasteiger partial charge in [-0.25, -0.2) is 9.18 Å². The predicted molar refractivity (Wildman–Crippen MR) is 95.0 cm³/mol. The van der Waals surface area contributed by atoms with Gasteiger partial charge in [-0.3, -0.25) is 23.3 Å². The quantitative estimate of drug-likeness (QED) is 0.692. The van der Waals surface area contributed by atoms with E-state index in [0.717, 1.165) is 9.13 Å². The van der Waals surface area contributed by atoms with Crippen LogP contribution in [0.25, 0.3) is 11.2 Å². The molecule has 0 aliphatic carbocycles. The monoisotopic (exact) mass is 379 g/mol. The number of carbonyl (C=O) groups excluding carboxylic acids is 1.